The van der Waals surface area contributed by atoms with E-state index in [1.165, 1.54) is 26.8 Å². The maximum Gasteiger partial charge on any atom is 0.419 e. The lowest BCUT2D eigenvalue weighted by atomic mass is 9.69. The van der Waals surface area contributed by atoms with Crippen LogP contribution in [0.1, 0.15) is 91.2 Å². The summed E-state index contributed by atoms with van der Waals surface area (Å²) in [4.78, 5) is 43.8. The Labute approximate surface area is 293 Å². The van der Waals surface area contributed by atoms with Gasteiger partial charge in [-0.1, -0.05) is 38.1 Å². The number of hydrogen-bond donors (Lipinski definition) is 2. The van der Waals surface area contributed by atoms with Crippen LogP contribution >= 0.6 is 0 Å². The van der Waals surface area contributed by atoms with Gasteiger partial charge in [0.1, 0.15) is 17.0 Å². The van der Waals surface area contributed by atoms with Crippen LogP contribution in [-0.4, -0.2) is 59.3 Å². The Balaban J connectivity index is 1.14. The number of imidazole rings is 2. The van der Waals surface area contributed by atoms with Crippen LogP contribution in [0.25, 0.3) is 45.2 Å². The minimum absolute atomic E-state index is 0.123. The van der Waals surface area contributed by atoms with Crippen LogP contribution in [0.3, 0.4) is 0 Å². The minimum Gasteiger partial charge on any atom is -0.444 e. The highest BCUT2D eigenvalue weighted by atomic mass is 16.6. The maximum atomic E-state index is 12.9. The van der Waals surface area contributed by atoms with Gasteiger partial charge < -0.3 is 19.4 Å². The molecule has 2 N–H and O–H groups in total. The van der Waals surface area contributed by atoms with Gasteiger partial charge in [-0.25, -0.2) is 24.1 Å². The molecule has 1 aliphatic carbocycles. The van der Waals surface area contributed by atoms with Gasteiger partial charge in [0.15, 0.2) is 5.82 Å². The number of rotatable bonds is 4. The molecule has 2 aliphatic rings. The summed E-state index contributed by atoms with van der Waals surface area (Å²) in [6.07, 6.45) is 7.28. The number of amides is 1. The zero-order valence-corrected chi connectivity index (χ0v) is 30.2. The summed E-state index contributed by atoms with van der Waals surface area (Å²) in [5.74, 6) is 1.39. The lowest BCUT2D eigenvalue weighted by Gasteiger charge is -2.35. The van der Waals surface area contributed by atoms with Crippen molar-refractivity contribution in [1.82, 2.24) is 29.4 Å². The number of carbonyl (C=O) groups excluding carboxylic acids is 2. The fourth-order valence-electron chi connectivity index (χ4n) is 7.13. The summed E-state index contributed by atoms with van der Waals surface area (Å²) >= 11 is 0. The molecule has 260 valence electrons. The van der Waals surface area contributed by atoms with E-state index in [1.807, 2.05) is 66.1 Å². The lowest BCUT2D eigenvalue weighted by molar-refractivity contribution is 0.0218. The highest BCUT2D eigenvalue weighted by molar-refractivity contribution is 5.81. The van der Waals surface area contributed by atoms with E-state index in [-0.39, 0.29) is 17.6 Å². The Morgan fingerprint density at radius 3 is 2.24 bits per heavy atom. The van der Waals surface area contributed by atoms with Crippen LogP contribution in [0.4, 0.5) is 9.59 Å². The molecule has 2 aromatic carbocycles. The van der Waals surface area contributed by atoms with Crippen LogP contribution < -0.4 is 0 Å². The third kappa shape index (κ3) is 6.46. The molecule has 10 heteroatoms. The monoisotopic (exact) mass is 674 g/mol. The van der Waals surface area contributed by atoms with Crippen molar-refractivity contribution >= 4 is 12.2 Å². The van der Waals surface area contributed by atoms with Crippen LogP contribution in [0.2, 0.25) is 0 Å². The van der Waals surface area contributed by atoms with Gasteiger partial charge in [0.25, 0.3) is 0 Å². The standard InChI is InChI=1S/C40H46N6O4/c1-38(2,3)49-36(47)45-17-9-11-32(45)34-41-22-30(43-34)24-13-15-27-26(19-24)21-40(7,8)29-20-25(14-16-28(27)29)31-23-42-35(44-31)33-12-10-18-46(33)37(48)50-39(4,5)6/h10,12-16,18-20,22-23,32H,9,11,17,21H2,1-8H3,(H,41,43)(H,42,44). The number of nitrogens with zero attached hydrogens (tertiary/aromatic N) is 4. The Hall–Kier alpha value is -5.12. The Kier molecular flexibility index (Phi) is 8.03. The van der Waals surface area contributed by atoms with E-state index in [2.05, 4.69) is 65.2 Å². The maximum absolute atomic E-state index is 12.9. The first kappa shape index (κ1) is 33.4. The minimum atomic E-state index is -0.603. The van der Waals surface area contributed by atoms with Gasteiger partial charge in [0, 0.05) is 12.7 Å². The summed E-state index contributed by atoms with van der Waals surface area (Å²) in [6, 6.07) is 16.8. The molecule has 1 unspecified atom stereocenters. The smallest absolute Gasteiger partial charge is 0.419 e. The molecule has 1 saturated heterocycles. The van der Waals surface area contributed by atoms with E-state index in [0.29, 0.717) is 18.1 Å². The second kappa shape index (κ2) is 12.0. The average molecular weight is 675 g/mol. The third-order valence-corrected chi connectivity index (χ3v) is 9.35. The van der Waals surface area contributed by atoms with E-state index in [4.69, 9.17) is 14.5 Å². The zero-order chi connectivity index (χ0) is 35.6. The van der Waals surface area contributed by atoms with Gasteiger partial charge in [-0.15, -0.1) is 0 Å². The predicted octanol–water partition coefficient (Wildman–Crippen LogP) is 9.29. The molecule has 0 radical (unpaired) electrons. The van der Waals surface area contributed by atoms with E-state index in [0.717, 1.165) is 47.6 Å². The van der Waals surface area contributed by atoms with Gasteiger partial charge in [-0.3, -0.25) is 4.90 Å². The fraction of sp³-hybridized carbons (Fsp3) is 0.400. The molecule has 10 nitrogen and oxygen atoms in total. The van der Waals surface area contributed by atoms with E-state index in [1.54, 1.807) is 11.1 Å². The van der Waals surface area contributed by atoms with Crippen LogP contribution in [-0.2, 0) is 21.3 Å². The molecule has 50 heavy (non-hydrogen) atoms. The SMILES string of the molecule is CC(C)(C)OC(=O)N1CCCC1c1ncc(-c2ccc3c(c2)CC(C)(C)c2cc(-c4cnc(-c5cccn5C(=O)OC(C)(C)C)[nH]4)ccc2-3)[nH]1. The van der Waals surface area contributed by atoms with Crippen molar-refractivity contribution in [2.75, 3.05) is 6.54 Å². The first-order chi connectivity index (χ1) is 23.6. The van der Waals surface area contributed by atoms with Crippen molar-refractivity contribution in [1.29, 1.82) is 0 Å². The summed E-state index contributed by atoms with van der Waals surface area (Å²) in [7, 11) is 0. The number of aromatic nitrogens is 5. The van der Waals surface area contributed by atoms with Crippen LogP contribution in [0.15, 0.2) is 67.1 Å². The van der Waals surface area contributed by atoms with Crippen molar-refractivity contribution in [2.24, 2.45) is 0 Å². The van der Waals surface area contributed by atoms with Gasteiger partial charge in [0.05, 0.1) is 35.5 Å². The number of fused-ring (bicyclic) bond motifs is 3. The molecule has 0 bridgehead atoms. The summed E-state index contributed by atoms with van der Waals surface area (Å²) in [6.45, 7) is 16.5. The number of carbonyl (C=O) groups is 2. The lowest BCUT2D eigenvalue weighted by Crippen LogP contribution is -2.36. The topological polar surface area (TPSA) is 118 Å². The van der Waals surface area contributed by atoms with Crippen molar-refractivity contribution in [3.05, 3.63) is 84.1 Å². The quantitative estimate of drug-likeness (QED) is 0.196. The second-order valence-corrected chi connectivity index (χ2v) is 16.1. The van der Waals surface area contributed by atoms with E-state index < -0.39 is 17.3 Å². The Morgan fingerprint density at radius 2 is 1.50 bits per heavy atom. The van der Waals surface area contributed by atoms with Gasteiger partial charge >= 0.3 is 12.2 Å². The average Bonchev–Trinajstić information content (AvgIpc) is 3.85. The number of H-pyrrole nitrogens is 2. The fourth-order valence-corrected chi connectivity index (χ4v) is 7.13. The molecule has 0 saturated carbocycles. The predicted molar refractivity (Wildman–Crippen MR) is 194 cm³/mol. The second-order valence-electron chi connectivity index (χ2n) is 16.1. The van der Waals surface area contributed by atoms with E-state index >= 15 is 0 Å². The molecule has 1 fully saturated rings. The van der Waals surface area contributed by atoms with Crippen LogP contribution in [0, 0.1) is 0 Å². The highest BCUT2D eigenvalue weighted by Crippen LogP contribution is 2.45. The van der Waals surface area contributed by atoms with Crippen LogP contribution in [0.5, 0.6) is 0 Å². The normalized spacial score (nSPS) is 17.0. The van der Waals surface area contributed by atoms with Crippen molar-refractivity contribution < 1.29 is 19.1 Å². The summed E-state index contributed by atoms with van der Waals surface area (Å²) in [5, 5.41) is 0. The molecular formula is C40H46N6O4. The molecule has 1 aliphatic heterocycles. The molecule has 1 atom stereocenters. The van der Waals surface area contributed by atoms with Crippen molar-refractivity contribution in [3.8, 4) is 45.2 Å². The number of hydrogen-bond acceptors (Lipinski definition) is 6. The Bertz CT molecular complexity index is 2090. The molecule has 7 rings (SSSR count). The Morgan fingerprint density at radius 1 is 0.840 bits per heavy atom. The number of benzene rings is 2. The molecule has 0 spiro atoms. The number of ether oxygens (including phenoxy) is 2. The molecular weight excluding hydrogens is 628 g/mol. The number of aromatic amines is 2. The van der Waals surface area contributed by atoms with Crippen molar-refractivity contribution in [3.63, 3.8) is 0 Å². The largest absolute Gasteiger partial charge is 0.444 e. The summed E-state index contributed by atoms with van der Waals surface area (Å²) in [5.41, 5.74) is 8.28. The highest BCUT2D eigenvalue weighted by Gasteiger charge is 2.35. The first-order valence-corrected chi connectivity index (χ1v) is 17.4. The van der Waals surface area contributed by atoms with Gasteiger partial charge in [-0.05, 0) is 124 Å². The molecule has 1 amide bonds. The third-order valence-electron chi connectivity index (χ3n) is 9.35. The first-order valence-electron chi connectivity index (χ1n) is 17.4. The number of nitrogens with one attached hydrogen (secondary N) is 2. The number of likely N-dealkylation sites (tertiary alicyclic amines) is 1. The van der Waals surface area contributed by atoms with Gasteiger partial charge in [-0.2, -0.15) is 0 Å². The zero-order valence-electron chi connectivity index (χ0n) is 30.2. The van der Waals surface area contributed by atoms with E-state index in [9.17, 15) is 9.59 Å². The molecule has 3 aromatic heterocycles. The molecule has 4 heterocycles. The van der Waals surface area contributed by atoms with Gasteiger partial charge in [0.2, 0.25) is 0 Å². The summed E-state index contributed by atoms with van der Waals surface area (Å²) < 4.78 is 12.7. The van der Waals surface area contributed by atoms with Crippen molar-refractivity contribution in [2.45, 2.75) is 97.3 Å². The molecule has 5 aromatic rings.